The van der Waals surface area contributed by atoms with Gasteiger partial charge >= 0.3 is 0 Å². The Morgan fingerprint density at radius 3 is 2.71 bits per heavy atom. The molecule has 1 rings (SSSR count). The van der Waals surface area contributed by atoms with Crippen LogP contribution in [0.25, 0.3) is 0 Å². The van der Waals surface area contributed by atoms with E-state index in [4.69, 9.17) is 10.3 Å². The fourth-order valence-corrected chi connectivity index (χ4v) is 1.34. The maximum absolute atomic E-state index is 9.86. The van der Waals surface area contributed by atoms with Crippen molar-refractivity contribution in [3.8, 4) is 0 Å². The number of aliphatic hydroxyl groups excluding tert-OH is 1. The molecular weight excluding hydrogens is 182 g/mol. The molecule has 0 fully saturated rings. The number of aryl methyl sites for hydroxylation is 1. The van der Waals surface area contributed by atoms with Gasteiger partial charge in [0.15, 0.2) is 0 Å². The predicted molar refractivity (Wildman–Crippen MR) is 52.7 cm³/mol. The summed E-state index contributed by atoms with van der Waals surface area (Å²) in [6, 6.07) is -0.330. The topological polar surface area (TPSA) is 75.5 Å². The third kappa shape index (κ3) is 2.54. The van der Waals surface area contributed by atoms with Crippen LogP contribution in [-0.4, -0.2) is 41.8 Å². The van der Waals surface area contributed by atoms with Crippen LogP contribution in [0.15, 0.2) is 10.8 Å². The number of hydrogen-bond acceptors (Lipinski definition) is 5. The van der Waals surface area contributed by atoms with E-state index in [0.29, 0.717) is 17.8 Å². The Labute approximate surface area is 83.5 Å². The van der Waals surface area contributed by atoms with E-state index >= 15 is 0 Å². The summed E-state index contributed by atoms with van der Waals surface area (Å²) >= 11 is 0. The van der Waals surface area contributed by atoms with Crippen molar-refractivity contribution in [2.45, 2.75) is 19.1 Å². The van der Waals surface area contributed by atoms with E-state index in [9.17, 15) is 5.11 Å². The molecule has 5 heteroatoms. The fourth-order valence-electron chi connectivity index (χ4n) is 1.34. The molecule has 0 saturated carbocycles. The van der Waals surface area contributed by atoms with Crippen LogP contribution in [0.4, 0.5) is 0 Å². The summed E-state index contributed by atoms with van der Waals surface area (Å²) < 4.78 is 4.74. The van der Waals surface area contributed by atoms with E-state index in [1.807, 2.05) is 19.0 Å². The molecule has 1 aromatic heterocycles. The molecule has 80 valence electrons. The average molecular weight is 199 g/mol. The molecular formula is C9H17N3O2. The number of nitrogens with zero attached hydrogens (tertiary/aromatic N) is 2. The highest BCUT2D eigenvalue weighted by molar-refractivity contribution is 5.17. The first-order valence-electron chi connectivity index (χ1n) is 4.51. The summed E-state index contributed by atoms with van der Waals surface area (Å²) in [5.41, 5.74) is 7.17. The molecule has 5 nitrogen and oxygen atoms in total. The zero-order chi connectivity index (χ0) is 10.7. The van der Waals surface area contributed by atoms with E-state index in [2.05, 4.69) is 5.16 Å². The predicted octanol–water partition coefficient (Wildman–Crippen LogP) is -0.0947. The van der Waals surface area contributed by atoms with Crippen molar-refractivity contribution in [2.24, 2.45) is 5.73 Å². The number of likely N-dealkylation sites (N-methyl/N-ethyl adjacent to an activating group) is 1. The second-order valence-electron chi connectivity index (χ2n) is 3.73. The normalized spacial score (nSPS) is 15.9. The number of nitrogens with two attached hydrogens (primary N) is 1. The maximum Gasteiger partial charge on any atom is 0.129 e. The van der Waals surface area contributed by atoms with E-state index in [-0.39, 0.29) is 6.04 Å². The maximum atomic E-state index is 9.86. The molecule has 1 aromatic rings. The molecule has 0 radical (unpaired) electrons. The van der Waals surface area contributed by atoms with Gasteiger partial charge in [-0.3, -0.25) is 0 Å². The van der Waals surface area contributed by atoms with Gasteiger partial charge in [-0.25, -0.2) is 0 Å². The number of rotatable bonds is 4. The monoisotopic (exact) mass is 199 g/mol. The lowest BCUT2D eigenvalue weighted by Gasteiger charge is -2.21. The average Bonchev–Trinajstić information content (AvgIpc) is 2.48. The van der Waals surface area contributed by atoms with Gasteiger partial charge in [0.05, 0.1) is 5.69 Å². The highest BCUT2D eigenvalue weighted by Gasteiger charge is 2.21. The molecule has 3 N–H and O–H groups in total. The minimum absolute atomic E-state index is 0.330. The highest BCUT2D eigenvalue weighted by atomic mass is 16.5. The van der Waals surface area contributed by atoms with Crippen molar-refractivity contribution in [2.75, 3.05) is 20.6 Å². The number of hydrogen-bond donors (Lipinski definition) is 2. The van der Waals surface area contributed by atoms with Crippen LogP contribution in [0, 0.1) is 6.92 Å². The molecule has 2 unspecified atom stereocenters. The Morgan fingerprint density at radius 1 is 1.64 bits per heavy atom. The third-order valence-electron chi connectivity index (χ3n) is 2.09. The molecule has 0 amide bonds. The van der Waals surface area contributed by atoms with Crippen molar-refractivity contribution < 1.29 is 9.63 Å². The second kappa shape index (κ2) is 4.54. The molecule has 0 aromatic carbocycles. The van der Waals surface area contributed by atoms with Gasteiger partial charge in [-0.2, -0.15) is 0 Å². The van der Waals surface area contributed by atoms with Gasteiger partial charge in [-0.1, -0.05) is 5.16 Å². The minimum atomic E-state index is -0.719. The van der Waals surface area contributed by atoms with Gasteiger partial charge in [0.1, 0.15) is 12.4 Å². The molecule has 2 atom stereocenters. The van der Waals surface area contributed by atoms with Gasteiger partial charge in [-0.15, -0.1) is 0 Å². The van der Waals surface area contributed by atoms with Crippen LogP contribution in [0.5, 0.6) is 0 Å². The van der Waals surface area contributed by atoms with Gasteiger partial charge in [0, 0.05) is 18.2 Å². The Bertz CT molecular complexity index is 285. The van der Waals surface area contributed by atoms with Crippen molar-refractivity contribution in [1.29, 1.82) is 0 Å². The lowest BCUT2D eigenvalue weighted by molar-refractivity contribution is 0.130. The van der Waals surface area contributed by atoms with Gasteiger partial charge < -0.3 is 20.3 Å². The summed E-state index contributed by atoms with van der Waals surface area (Å²) in [4.78, 5) is 1.93. The SMILES string of the molecule is Cc1nocc1C(O)C(N)CN(C)C. The smallest absolute Gasteiger partial charge is 0.129 e. The summed E-state index contributed by atoms with van der Waals surface area (Å²) in [6.45, 7) is 2.40. The van der Waals surface area contributed by atoms with Gasteiger partial charge in [0.25, 0.3) is 0 Å². The van der Waals surface area contributed by atoms with Crippen molar-refractivity contribution in [3.63, 3.8) is 0 Å². The largest absolute Gasteiger partial charge is 0.387 e. The fraction of sp³-hybridized carbons (Fsp3) is 0.667. The van der Waals surface area contributed by atoms with Gasteiger partial charge in [0.2, 0.25) is 0 Å². The Balaban J connectivity index is 2.65. The standard InChI is InChI=1S/C9H17N3O2/c1-6-7(5-14-11-6)9(13)8(10)4-12(2)3/h5,8-9,13H,4,10H2,1-3H3. The molecule has 0 aliphatic rings. The number of aromatic nitrogens is 1. The van der Waals surface area contributed by atoms with E-state index in [1.54, 1.807) is 6.92 Å². The number of aliphatic hydroxyl groups is 1. The summed E-state index contributed by atoms with van der Waals surface area (Å²) in [7, 11) is 3.82. The quantitative estimate of drug-likeness (QED) is 0.708. The second-order valence-corrected chi connectivity index (χ2v) is 3.73. The van der Waals surface area contributed by atoms with E-state index in [1.165, 1.54) is 6.26 Å². The molecule has 0 spiro atoms. The van der Waals surface area contributed by atoms with Crippen LogP contribution in [-0.2, 0) is 0 Å². The molecule has 1 heterocycles. The van der Waals surface area contributed by atoms with Crippen LogP contribution >= 0.6 is 0 Å². The van der Waals surface area contributed by atoms with E-state index < -0.39 is 6.10 Å². The lowest BCUT2D eigenvalue weighted by Crippen LogP contribution is -2.38. The van der Waals surface area contributed by atoms with Crippen molar-refractivity contribution >= 4 is 0 Å². The Morgan fingerprint density at radius 2 is 2.29 bits per heavy atom. The first-order chi connectivity index (χ1) is 6.52. The van der Waals surface area contributed by atoms with Crippen LogP contribution < -0.4 is 5.73 Å². The van der Waals surface area contributed by atoms with Gasteiger partial charge in [-0.05, 0) is 21.0 Å². The molecule has 0 bridgehead atoms. The molecule has 0 aliphatic carbocycles. The third-order valence-corrected chi connectivity index (χ3v) is 2.09. The summed E-state index contributed by atoms with van der Waals surface area (Å²) in [5.74, 6) is 0. The van der Waals surface area contributed by atoms with Crippen molar-refractivity contribution in [3.05, 3.63) is 17.5 Å². The van der Waals surface area contributed by atoms with Crippen LogP contribution in [0.2, 0.25) is 0 Å². The minimum Gasteiger partial charge on any atom is -0.387 e. The Kier molecular flexibility index (Phi) is 3.62. The van der Waals surface area contributed by atoms with Crippen LogP contribution in [0.3, 0.4) is 0 Å². The summed E-state index contributed by atoms with van der Waals surface area (Å²) in [5, 5.41) is 13.6. The Hall–Kier alpha value is -0.910. The van der Waals surface area contributed by atoms with E-state index in [0.717, 1.165) is 0 Å². The first kappa shape index (κ1) is 11.2. The molecule has 14 heavy (non-hydrogen) atoms. The zero-order valence-electron chi connectivity index (χ0n) is 8.77. The summed E-state index contributed by atoms with van der Waals surface area (Å²) in [6.07, 6.45) is 0.721. The first-order valence-corrected chi connectivity index (χ1v) is 4.51. The molecule has 0 aliphatic heterocycles. The van der Waals surface area contributed by atoms with Crippen LogP contribution in [0.1, 0.15) is 17.4 Å². The highest BCUT2D eigenvalue weighted by Crippen LogP contribution is 2.18. The zero-order valence-corrected chi connectivity index (χ0v) is 8.77. The molecule has 0 saturated heterocycles. The lowest BCUT2D eigenvalue weighted by atomic mass is 10.0. The van der Waals surface area contributed by atoms with Crippen molar-refractivity contribution in [1.82, 2.24) is 10.1 Å².